The van der Waals surface area contributed by atoms with Gasteiger partial charge in [-0.25, -0.2) is 0 Å². The van der Waals surface area contributed by atoms with Gasteiger partial charge in [-0.15, -0.1) is 12.4 Å². The summed E-state index contributed by atoms with van der Waals surface area (Å²) >= 11 is 0. The average Bonchev–Trinajstić information content (AvgIpc) is 2.94. The van der Waals surface area contributed by atoms with Gasteiger partial charge in [0.25, 0.3) is 0 Å². The summed E-state index contributed by atoms with van der Waals surface area (Å²) in [6.07, 6.45) is 1.13. The zero-order valence-corrected chi connectivity index (χ0v) is 16.5. The van der Waals surface area contributed by atoms with Gasteiger partial charge in [0.05, 0.1) is 25.9 Å². The molecule has 8 heteroatoms. The van der Waals surface area contributed by atoms with Crippen molar-refractivity contribution in [1.29, 1.82) is 0 Å². The van der Waals surface area contributed by atoms with Crippen molar-refractivity contribution in [3.8, 4) is 11.5 Å². The number of nitrogens with two attached hydrogens (primary N) is 1. The zero-order chi connectivity index (χ0) is 18.6. The standard InChI is InChI=1S/C18H27N3O4.ClH/c1-11(2)7-15(19)17(22)20-16-5-6-21(18(16)23)12-8-13(24-3)10-14(9-12)25-4;/h8-11,15-16H,5-7,19H2,1-4H3,(H,20,22);1H/t15-,16?;/m0./s1. The van der Waals surface area contributed by atoms with Crippen molar-refractivity contribution in [2.45, 2.75) is 38.8 Å². The summed E-state index contributed by atoms with van der Waals surface area (Å²) in [7, 11) is 3.12. The number of hydrogen-bond acceptors (Lipinski definition) is 5. The summed E-state index contributed by atoms with van der Waals surface area (Å²) in [5.74, 6) is 1.10. The maximum Gasteiger partial charge on any atom is 0.249 e. The normalized spacial score (nSPS) is 17.7. The number of carbonyl (C=O) groups excluding carboxylic acids is 2. The highest BCUT2D eigenvalue weighted by Crippen LogP contribution is 2.31. The van der Waals surface area contributed by atoms with Crippen molar-refractivity contribution in [2.75, 3.05) is 25.7 Å². The number of carbonyl (C=O) groups is 2. The highest BCUT2D eigenvalue weighted by atomic mass is 35.5. The Morgan fingerprint density at radius 3 is 2.35 bits per heavy atom. The first kappa shape index (κ1) is 22.1. The molecule has 146 valence electrons. The first-order chi connectivity index (χ1) is 11.8. The maximum absolute atomic E-state index is 12.7. The Balaban J connectivity index is 0.00000338. The van der Waals surface area contributed by atoms with Crippen LogP contribution < -0.4 is 25.4 Å². The van der Waals surface area contributed by atoms with Crippen LogP contribution in [0.1, 0.15) is 26.7 Å². The number of hydrogen-bond donors (Lipinski definition) is 2. The molecule has 1 aromatic carbocycles. The number of halogens is 1. The fourth-order valence-electron chi connectivity index (χ4n) is 2.91. The molecule has 3 N–H and O–H groups in total. The number of rotatable bonds is 7. The van der Waals surface area contributed by atoms with Crippen LogP contribution in [-0.2, 0) is 9.59 Å². The van der Waals surface area contributed by atoms with E-state index >= 15 is 0 Å². The second-order valence-corrected chi connectivity index (χ2v) is 6.65. The van der Waals surface area contributed by atoms with Crippen LogP contribution in [0.2, 0.25) is 0 Å². The SMILES string of the molecule is COc1cc(OC)cc(N2CCC(NC(=O)[C@@H](N)CC(C)C)C2=O)c1.Cl. The largest absolute Gasteiger partial charge is 0.497 e. The van der Waals surface area contributed by atoms with Crippen LogP contribution in [0.5, 0.6) is 11.5 Å². The molecule has 0 spiro atoms. The highest BCUT2D eigenvalue weighted by Gasteiger charge is 2.34. The topological polar surface area (TPSA) is 93.9 Å². The molecule has 0 bridgehead atoms. The van der Waals surface area contributed by atoms with Gasteiger partial charge in [-0.05, 0) is 18.8 Å². The third-order valence-electron chi connectivity index (χ3n) is 4.23. The number of methoxy groups -OCH3 is 2. The molecule has 1 unspecified atom stereocenters. The molecule has 1 fully saturated rings. The van der Waals surface area contributed by atoms with Gasteiger partial charge in [0.1, 0.15) is 17.5 Å². The van der Waals surface area contributed by atoms with Crippen molar-refractivity contribution < 1.29 is 19.1 Å². The summed E-state index contributed by atoms with van der Waals surface area (Å²) < 4.78 is 10.5. The summed E-state index contributed by atoms with van der Waals surface area (Å²) in [5, 5.41) is 2.77. The second kappa shape index (κ2) is 9.64. The van der Waals surface area contributed by atoms with Gasteiger partial charge in [0.15, 0.2) is 0 Å². The molecular formula is C18H28ClN3O4. The lowest BCUT2D eigenvalue weighted by Gasteiger charge is -2.20. The van der Waals surface area contributed by atoms with Crippen LogP contribution >= 0.6 is 12.4 Å². The van der Waals surface area contributed by atoms with E-state index in [0.29, 0.717) is 42.5 Å². The van der Waals surface area contributed by atoms with Crippen molar-refractivity contribution in [1.82, 2.24) is 5.32 Å². The average molecular weight is 386 g/mol. The van der Waals surface area contributed by atoms with E-state index in [1.54, 1.807) is 37.3 Å². The molecule has 0 aromatic heterocycles. The molecule has 26 heavy (non-hydrogen) atoms. The van der Waals surface area contributed by atoms with Crippen molar-refractivity contribution in [3.63, 3.8) is 0 Å². The Morgan fingerprint density at radius 2 is 1.85 bits per heavy atom. The molecule has 2 amide bonds. The Hall–Kier alpha value is -1.99. The Morgan fingerprint density at radius 1 is 1.27 bits per heavy atom. The third kappa shape index (κ3) is 5.25. The van der Waals surface area contributed by atoms with Gasteiger partial charge in [-0.2, -0.15) is 0 Å². The molecule has 0 aliphatic carbocycles. The fraction of sp³-hybridized carbons (Fsp3) is 0.556. The Labute approximate surface area is 160 Å². The number of ether oxygens (including phenoxy) is 2. The Bertz CT molecular complexity index is 617. The number of amides is 2. The van der Waals surface area contributed by atoms with E-state index in [4.69, 9.17) is 15.2 Å². The van der Waals surface area contributed by atoms with Crippen LogP contribution in [0.25, 0.3) is 0 Å². The molecule has 2 rings (SSSR count). The fourth-order valence-corrected chi connectivity index (χ4v) is 2.91. The third-order valence-corrected chi connectivity index (χ3v) is 4.23. The van der Waals surface area contributed by atoms with E-state index in [1.165, 1.54) is 0 Å². The molecule has 0 saturated carbocycles. The molecule has 1 saturated heterocycles. The molecule has 1 aliphatic rings. The predicted molar refractivity (Wildman–Crippen MR) is 103 cm³/mol. The number of anilines is 1. The lowest BCUT2D eigenvalue weighted by Crippen LogP contribution is -2.48. The summed E-state index contributed by atoms with van der Waals surface area (Å²) in [5.41, 5.74) is 6.58. The number of nitrogens with one attached hydrogen (secondary N) is 1. The van der Waals surface area contributed by atoms with Crippen LogP contribution in [0.15, 0.2) is 18.2 Å². The first-order valence-electron chi connectivity index (χ1n) is 8.46. The van der Waals surface area contributed by atoms with Crippen molar-refractivity contribution in [2.24, 2.45) is 11.7 Å². The lowest BCUT2D eigenvalue weighted by molar-refractivity contribution is -0.127. The lowest BCUT2D eigenvalue weighted by atomic mass is 10.0. The molecular weight excluding hydrogens is 358 g/mol. The molecule has 2 atom stereocenters. The van der Waals surface area contributed by atoms with Gasteiger partial charge < -0.3 is 25.4 Å². The van der Waals surface area contributed by atoms with Crippen molar-refractivity contribution in [3.05, 3.63) is 18.2 Å². The summed E-state index contributed by atoms with van der Waals surface area (Å²) in [4.78, 5) is 26.5. The Kier molecular flexibility index (Phi) is 8.17. The van der Waals surface area contributed by atoms with Gasteiger partial charge >= 0.3 is 0 Å². The van der Waals surface area contributed by atoms with E-state index in [9.17, 15) is 9.59 Å². The van der Waals surface area contributed by atoms with E-state index in [0.717, 1.165) is 0 Å². The predicted octanol–water partition coefficient (Wildman–Crippen LogP) is 1.72. The van der Waals surface area contributed by atoms with Crippen LogP contribution in [0.4, 0.5) is 5.69 Å². The van der Waals surface area contributed by atoms with E-state index in [1.807, 2.05) is 13.8 Å². The van der Waals surface area contributed by atoms with E-state index in [-0.39, 0.29) is 24.2 Å². The molecule has 0 radical (unpaired) electrons. The van der Waals surface area contributed by atoms with Gasteiger partial charge in [0, 0.05) is 24.7 Å². The minimum absolute atomic E-state index is 0. The monoisotopic (exact) mass is 385 g/mol. The minimum atomic E-state index is -0.598. The summed E-state index contributed by atoms with van der Waals surface area (Å²) in [6.45, 7) is 4.52. The minimum Gasteiger partial charge on any atom is -0.497 e. The van der Waals surface area contributed by atoms with Crippen LogP contribution in [0.3, 0.4) is 0 Å². The van der Waals surface area contributed by atoms with Gasteiger partial charge in [-0.3, -0.25) is 9.59 Å². The molecule has 1 heterocycles. The summed E-state index contributed by atoms with van der Waals surface area (Å²) in [6, 6.07) is 4.14. The quantitative estimate of drug-likeness (QED) is 0.745. The highest BCUT2D eigenvalue weighted by molar-refractivity contribution is 6.02. The van der Waals surface area contributed by atoms with Crippen molar-refractivity contribution >= 4 is 29.9 Å². The smallest absolute Gasteiger partial charge is 0.249 e. The molecule has 1 aromatic rings. The second-order valence-electron chi connectivity index (χ2n) is 6.65. The van der Waals surface area contributed by atoms with Gasteiger partial charge in [-0.1, -0.05) is 13.8 Å². The maximum atomic E-state index is 12.7. The van der Waals surface area contributed by atoms with Crippen LogP contribution in [0, 0.1) is 5.92 Å². The van der Waals surface area contributed by atoms with Gasteiger partial charge in [0.2, 0.25) is 11.8 Å². The molecule has 7 nitrogen and oxygen atoms in total. The number of nitrogens with zero attached hydrogens (tertiary/aromatic N) is 1. The zero-order valence-electron chi connectivity index (χ0n) is 15.7. The molecule has 1 aliphatic heterocycles. The van der Waals surface area contributed by atoms with E-state index in [2.05, 4.69) is 5.32 Å². The number of benzene rings is 1. The van der Waals surface area contributed by atoms with E-state index < -0.39 is 12.1 Å². The first-order valence-corrected chi connectivity index (χ1v) is 8.46. The van der Waals surface area contributed by atoms with Crippen LogP contribution in [-0.4, -0.2) is 44.7 Å².